The van der Waals surface area contributed by atoms with Crippen LogP contribution < -0.4 is 11.5 Å². The summed E-state index contributed by atoms with van der Waals surface area (Å²) < 4.78 is 0. The maximum atomic E-state index is 8.98. The van der Waals surface area contributed by atoms with Crippen LogP contribution in [0.2, 0.25) is 0 Å². The Bertz CT molecular complexity index is 307. The van der Waals surface area contributed by atoms with E-state index in [4.69, 9.17) is 21.7 Å². The molecule has 0 fully saturated rings. The number of aliphatic hydroxyl groups is 2. The van der Waals surface area contributed by atoms with Gasteiger partial charge in [0.15, 0.2) is 0 Å². The monoisotopic (exact) mass is 312 g/mol. The van der Waals surface area contributed by atoms with Crippen LogP contribution in [0.1, 0.15) is 24.5 Å². The van der Waals surface area contributed by atoms with E-state index in [1.807, 2.05) is 0 Å². The molecule has 0 aliphatic heterocycles. The number of nitrogens with zero attached hydrogens (tertiary/aromatic N) is 2. The van der Waals surface area contributed by atoms with Gasteiger partial charge in [-0.1, -0.05) is 0 Å². The number of hydrogen-bond acceptors (Lipinski definition) is 6. The van der Waals surface area contributed by atoms with Gasteiger partial charge in [0.2, 0.25) is 0 Å². The smallest absolute Gasteiger partial charge is 0.0618 e. The van der Waals surface area contributed by atoms with E-state index in [0.717, 1.165) is 5.69 Å². The lowest BCUT2D eigenvalue weighted by Crippen LogP contribution is -2.32. The van der Waals surface area contributed by atoms with Crippen LogP contribution in [-0.2, 0) is 0 Å². The van der Waals surface area contributed by atoms with Crippen molar-refractivity contribution in [1.29, 1.82) is 0 Å². The van der Waals surface area contributed by atoms with Gasteiger partial charge in [-0.2, -0.15) is 0 Å². The van der Waals surface area contributed by atoms with Gasteiger partial charge in [-0.15, -0.1) is 24.8 Å². The first kappa shape index (κ1) is 20.8. The van der Waals surface area contributed by atoms with E-state index in [1.54, 1.807) is 18.6 Å². The van der Waals surface area contributed by atoms with E-state index in [9.17, 15) is 0 Å². The summed E-state index contributed by atoms with van der Waals surface area (Å²) in [5.74, 6) is 0.00741. The first-order valence-corrected chi connectivity index (χ1v) is 5.66. The molecule has 1 aromatic rings. The van der Waals surface area contributed by atoms with Crippen LogP contribution in [0, 0.1) is 0 Å². The fourth-order valence-corrected chi connectivity index (χ4v) is 1.74. The summed E-state index contributed by atoms with van der Waals surface area (Å²) >= 11 is 0. The molecule has 0 saturated heterocycles. The fraction of sp³-hybridized carbons (Fsp3) is 0.636. The average Bonchev–Trinajstić information content (AvgIpc) is 2.38. The van der Waals surface area contributed by atoms with Crippen LogP contribution in [0.4, 0.5) is 0 Å². The summed E-state index contributed by atoms with van der Waals surface area (Å²) in [6.07, 6.45) is 6.01. The van der Waals surface area contributed by atoms with E-state index in [0.29, 0.717) is 12.8 Å². The average molecular weight is 313 g/mol. The van der Waals surface area contributed by atoms with Crippen molar-refractivity contribution >= 4 is 24.8 Å². The molecule has 0 amide bonds. The highest BCUT2D eigenvalue weighted by atomic mass is 35.5. The lowest BCUT2D eigenvalue weighted by Gasteiger charge is -2.21. The second kappa shape index (κ2) is 11.3. The Labute approximate surface area is 125 Å². The highest BCUT2D eigenvalue weighted by Gasteiger charge is 2.19. The maximum absolute atomic E-state index is 8.98. The van der Waals surface area contributed by atoms with Gasteiger partial charge in [0, 0.05) is 36.6 Å². The molecule has 0 bridgehead atoms. The number of nitrogens with two attached hydrogens (primary N) is 2. The van der Waals surface area contributed by atoms with E-state index >= 15 is 0 Å². The summed E-state index contributed by atoms with van der Waals surface area (Å²) in [7, 11) is 0. The Kier molecular flexibility index (Phi) is 12.4. The van der Waals surface area contributed by atoms with Gasteiger partial charge in [0.25, 0.3) is 0 Å². The van der Waals surface area contributed by atoms with Gasteiger partial charge >= 0.3 is 0 Å². The van der Waals surface area contributed by atoms with Crippen molar-refractivity contribution in [3.63, 3.8) is 0 Å². The van der Waals surface area contributed by atoms with E-state index in [-0.39, 0.29) is 56.0 Å². The van der Waals surface area contributed by atoms with Crippen LogP contribution in [-0.4, -0.2) is 45.5 Å². The molecule has 0 radical (unpaired) electrons. The zero-order valence-electron chi connectivity index (χ0n) is 10.6. The molecule has 8 heteroatoms. The van der Waals surface area contributed by atoms with Crippen LogP contribution in [0.15, 0.2) is 18.6 Å². The quantitative estimate of drug-likeness (QED) is 0.555. The fourth-order valence-electron chi connectivity index (χ4n) is 1.74. The Hall–Kier alpha value is -0.500. The van der Waals surface area contributed by atoms with Gasteiger partial charge in [-0.3, -0.25) is 9.97 Å². The molecule has 6 N–H and O–H groups in total. The van der Waals surface area contributed by atoms with Crippen molar-refractivity contribution in [2.24, 2.45) is 11.5 Å². The highest BCUT2D eigenvalue weighted by molar-refractivity contribution is 5.85. The number of aliphatic hydroxyl groups excluding tert-OH is 2. The summed E-state index contributed by atoms with van der Waals surface area (Å²) in [5, 5.41) is 18.0. The summed E-state index contributed by atoms with van der Waals surface area (Å²) in [4.78, 5) is 8.22. The number of hydrogen-bond donors (Lipinski definition) is 4. The first-order valence-electron chi connectivity index (χ1n) is 5.66. The Morgan fingerprint density at radius 2 is 1.53 bits per heavy atom. The highest BCUT2D eigenvalue weighted by Crippen LogP contribution is 2.23. The maximum Gasteiger partial charge on any atom is 0.0618 e. The van der Waals surface area contributed by atoms with Gasteiger partial charge in [0.05, 0.1) is 18.9 Å². The minimum Gasteiger partial charge on any atom is -0.395 e. The molecule has 1 aromatic heterocycles. The molecule has 0 saturated carbocycles. The van der Waals surface area contributed by atoms with Crippen LogP contribution in [0.25, 0.3) is 0 Å². The molecule has 1 rings (SSSR count). The number of rotatable bonds is 7. The van der Waals surface area contributed by atoms with Gasteiger partial charge in [-0.25, -0.2) is 0 Å². The topological polar surface area (TPSA) is 118 Å². The van der Waals surface area contributed by atoms with Crippen molar-refractivity contribution in [2.75, 3.05) is 13.2 Å². The molecule has 0 aliphatic rings. The Morgan fingerprint density at radius 3 is 1.89 bits per heavy atom. The van der Waals surface area contributed by atoms with E-state index in [2.05, 4.69) is 9.97 Å². The summed E-state index contributed by atoms with van der Waals surface area (Å²) in [5.41, 5.74) is 12.2. The second-order valence-electron chi connectivity index (χ2n) is 4.18. The Balaban J connectivity index is 0. The Morgan fingerprint density at radius 1 is 1.00 bits per heavy atom. The first-order chi connectivity index (χ1) is 8.17. The lowest BCUT2D eigenvalue weighted by atomic mass is 9.91. The zero-order valence-corrected chi connectivity index (χ0v) is 12.2. The standard InChI is InChI=1S/C11H20N4O2.2ClH/c12-9(6-16)3-8(4-10(13)7-17)11-5-14-1-2-15-11;;/h1-2,5,8-10,16-17H,3-4,6-7,12-13H2;2*1H. The molecule has 0 spiro atoms. The predicted octanol–water partition coefficient (Wildman–Crippen LogP) is -0.177. The van der Waals surface area contributed by atoms with Crippen LogP contribution >= 0.6 is 24.8 Å². The zero-order chi connectivity index (χ0) is 12.7. The minimum atomic E-state index is -0.312. The van der Waals surface area contributed by atoms with E-state index < -0.39 is 0 Å². The van der Waals surface area contributed by atoms with Gasteiger partial charge < -0.3 is 21.7 Å². The molecular weight excluding hydrogens is 291 g/mol. The van der Waals surface area contributed by atoms with Crippen LogP contribution in [0.5, 0.6) is 0 Å². The molecule has 2 unspecified atom stereocenters. The number of aromatic nitrogens is 2. The largest absolute Gasteiger partial charge is 0.395 e. The molecular formula is C11H22Cl2N4O2. The summed E-state index contributed by atoms with van der Waals surface area (Å²) in [6.45, 7) is -0.156. The second-order valence-corrected chi connectivity index (χ2v) is 4.18. The molecule has 6 nitrogen and oxygen atoms in total. The van der Waals surface area contributed by atoms with Crippen molar-refractivity contribution in [3.05, 3.63) is 24.3 Å². The molecule has 19 heavy (non-hydrogen) atoms. The molecule has 0 aromatic carbocycles. The minimum absolute atomic E-state index is 0. The lowest BCUT2D eigenvalue weighted by molar-refractivity contribution is 0.234. The van der Waals surface area contributed by atoms with Crippen molar-refractivity contribution in [2.45, 2.75) is 30.8 Å². The number of halogens is 2. The third-order valence-corrected chi connectivity index (χ3v) is 2.64. The molecule has 1 heterocycles. The molecule has 0 aliphatic carbocycles. The van der Waals surface area contributed by atoms with Crippen molar-refractivity contribution in [3.8, 4) is 0 Å². The van der Waals surface area contributed by atoms with Crippen molar-refractivity contribution < 1.29 is 10.2 Å². The van der Waals surface area contributed by atoms with Crippen molar-refractivity contribution in [1.82, 2.24) is 9.97 Å². The van der Waals surface area contributed by atoms with Gasteiger partial charge in [0.1, 0.15) is 0 Å². The van der Waals surface area contributed by atoms with Gasteiger partial charge in [-0.05, 0) is 12.8 Å². The van der Waals surface area contributed by atoms with Crippen LogP contribution in [0.3, 0.4) is 0 Å². The SMILES string of the molecule is Cl.Cl.NC(CO)CC(CC(N)CO)c1cnccn1. The molecule has 2 atom stereocenters. The van der Waals surface area contributed by atoms with E-state index in [1.165, 1.54) is 0 Å². The predicted molar refractivity (Wildman–Crippen MR) is 78.6 cm³/mol. The third-order valence-electron chi connectivity index (χ3n) is 2.64. The molecule has 112 valence electrons. The normalized spacial score (nSPS) is 14.7. The summed E-state index contributed by atoms with van der Waals surface area (Å²) in [6, 6.07) is -0.624. The third kappa shape index (κ3) is 7.61.